The number of nitrogens with one attached hydrogen (secondary N) is 2. The molecule has 0 spiro atoms. The molecule has 1 aromatic carbocycles. The van der Waals surface area contributed by atoms with Gasteiger partial charge in [-0.2, -0.15) is 4.39 Å². The van der Waals surface area contributed by atoms with Crippen molar-refractivity contribution in [1.29, 1.82) is 0 Å². The van der Waals surface area contributed by atoms with Gasteiger partial charge in [-0.1, -0.05) is 0 Å². The SMILES string of the molecule is Cc1cc(C(=O)NNC(=O)c2ccc(F)c([N+](=O)[O-])c2)c(C)o1. The van der Waals surface area contributed by atoms with Crippen LogP contribution >= 0.6 is 0 Å². The summed E-state index contributed by atoms with van der Waals surface area (Å²) in [5.41, 5.74) is 3.49. The first-order valence-corrected chi connectivity index (χ1v) is 6.41. The molecule has 8 nitrogen and oxygen atoms in total. The van der Waals surface area contributed by atoms with Crippen LogP contribution in [-0.4, -0.2) is 16.7 Å². The van der Waals surface area contributed by atoms with E-state index < -0.39 is 28.2 Å². The molecule has 1 heterocycles. The van der Waals surface area contributed by atoms with Crippen LogP contribution in [0.5, 0.6) is 0 Å². The third kappa shape index (κ3) is 3.51. The summed E-state index contributed by atoms with van der Waals surface area (Å²) in [4.78, 5) is 33.5. The summed E-state index contributed by atoms with van der Waals surface area (Å²) in [7, 11) is 0. The number of hydrazine groups is 1. The minimum absolute atomic E-state index is 0.168. The summed E-state index contributed by atoms with van der Waals surface area (Å²) in [5.74, 6) is -1.57. The van der Waals surface area contributed by atoms with E-state index in [-0.39, 0.29) is 11.1 Å². The lowest BCUT2D eigenvalue weighted by atomic mass is 10.2. The third-order valence-electron chi connectivity index (χ3n) is 2.98. The van der Waals surface area contributed by atoms with Gasteiger partial charge in [0.05, 0.1) is 10.5 Å². The number of carbonyl (C=O) groups excluding carboxylic acids is 2. The van der Waals surface area contributed by atoms with Crippen LogP contribution in [0.2, 0.25) is 0 Å². The lowest BCUT2D eigenvalue weighted by Crippen LogP contribution is -2.41. The average Bonchev–Trinajstić information content (AvgIpc) is 2.83. The number of aryl methyl sites for hydroxylation is 2. The highest BCUT2D eigenvalue weighted by Crippen LogP contribution is 2.18. The molecule has 1 aromatic heterocycles. The van der Waals surface area contributed by atoms with Gasteiger partial charge >= 0.3 is 5.69 Å². The first kappa shape index (κ1) is 16.1. The molecule has 9 heteroatoms. The van der Waals surface area contributed by atoms with Crippen molar-refractivity contribution in [3.8, 4) is 0 Å². The van der Waals surface area contributed by atoms with Crippen LogP contribution in [0.25, 0.3) is 0 Å². The van der Waals surface area contributed by atoms with Gasteiger partial charge in [0.15, 0.2) is 0 Å². The molecule has 23 heavy (non-hydrogen) atoms. The normalized spacial score (nSPS) is 10.2. The molecule has 0 saturated carbocycles. The number of furan rings is 1. The number of benzene rings is 1. The van der Waals surface area contributed by atoms with Crippen molar-refractivity contribution in [1.82, 2.24) is 10.9 Å². The number of nitrogens with zero attached hydrogens (tertiary/aromatic N) is 1. The van der Waals surface area contributed by atoms with Crippen LogP contribution in [0.1, 0.15) is 32.2 Å². The fourth-order valence-corrected chi connectivity index (χ4v) is 1.90. The highest BCUT2D eigenvalue weighted by atomic mass is 19.1. The van der Waals surface area contributed by atoms with Crippen LogP contribution in [0.15, 0.2) is 28.7 Å². The second-order valence-corrected chi connectivity index (χ2v) is 4.66. The number of amides is 2. The van der Waals surface area contributed by atoms with Crippen LogP contribution < -0.4 is 10.9 Å². The molecule has 2 amide bonds. The van der Waals surface area contributed by atoms with Crippen LogP contribution in [0, 0.1) is 29.8 Å². The predicted molar refractivity (Wildman–Crippen MR) is 76.2 cm³/mol. The van der Waals surface area contributed by atoms with Gasteiger partial charge in [0, 0.05) is 11.6 Å². The van der Waals surface area contributed by atoms with Gasteiger partial charge in [-0.25, -0.2) is 0 Å². The van der Waals surface area contributed by atoms with Crippen molar-refractivity contribution in [3.63, 3.8) is 0 Å². The Morgan fingerprint density at radius 1 is 1.17 bits per heavy atom. The predicted octanol–water partition coefficient (Wildman–Crippen LogP) is 2.02. The number of rotatable bonds is 3. The maximum Gasteiger partial charge on any atom is 0.305 e. The van der Waals surface area contributed by atoms with E-state index in [1.54, 1.807) is 13.8 Å². The molecular formula is C14H12FN3O5. The zero-order chi connectivity index (χ0) is 17.1. The summed E-state index contributed by atoms with van der Waals surface area (Å²) >= 11 is 0. The quantitative estimate of drug-likeness (QED) is 0.663. The van der Waals surface area contributed by atoms with E-state index in [4.69, 9.17) is 4.42 Å². The molecule has 2 N–H and O–H groups in total. The number of carbonyl (C=O) groups is 2. The first-order valence-electron chi connectivity index (χ1n) is 6.41. The molecule has 120 valence electrons. The molecule has 0 radical (unpaired) electrons. The fourth-order valence-electron chi connectivity index (χ4n) is 1.90. The van der Waals surface area contributed by atoms with Gasteiger partial charge in [-0.15, -0.1) is 0 Å². The van der Waals surface area contributed by atoms with Crippen LogP contribution in [0.3, 0.4) is 0 Å². The van der Waals surface area contributed by atoms with Crippen molar-refractivity contribution in [2.75, 3.05) is 0 Å². The molecule has 0 fully saturated rings. The second-order valence-electron chi connectivity index (χ2n) is 4.66. The van der Waals surface area contributed by atoms with E-state index in [0.717, 1.165) is 18.2 Å². The number of nitro groups is 1. The Labute approximate surface area is 129 Å². The largest absolute Gasteiger partial charge is 0.466 e. The van der Waals surface area contributed by atoms with Gasteiger partial charge in [0.2, 0.25) is 5.82 Å². The Morgan fingerprint density at radius 2 is 1.83 bits per heavy atom. The first-order chi connectivity index (χ1) is 10.8. The minimum atomic E-state index is -1.06. The third-order valence-corrected chi connectivity index (χ3v) is 2.98. The van der Waals surface area contributed by atoms with Gasteiger partial charge < -0.3 is 4.42 Å². The fraction of sp³-hybridized carbons (Fsp3) is 0.143. The maximum atomic E-state index is 13.2. The summed E-state index contributed by atoms with van der Waals surface area (Å²) in [6.07, 6.45) is 0. The molecule has 0 bridgehead atoms. The van der Waals surface area contributed by atoms with E-state index in [1.165, 1.54) is 6.07 Å². The standard InChI is InChI=1S/C14H12FN3O5/c1-7-5-10(8(2)23-7)14(20)17-16-13(19)9-3-4-11(15)12(6-9)18(21)22/h3-6H,1-2H3,(H,16,19)(H,17,20). The molecule has 0 unspecified atom stereocenters. The second kappa shape index (κ2) is 6.26. The lowest BCUT2D eigenvalue weighted by Gasteiger charge is -2.07. The van der Waals surface area contributed by atoms with Crippen LogP contribution in [0.4, 0.5) is 10.1 Å². The zero-order valence-corrected chi connectivity index (χ0v) is 12.2. The van der Waals surface area contributed by atoms with Crippen molar-refractivity contribution >= 4 is 17.5 Å². The van der Waals surface area contributed by atoms with Gasteiger partial charge in [0.25, 0.3) is 11.8 Å². The number of hydrogen-bond donors (Lipinski definition) is 2. The van der Waals surface area contributed by atoms with E-state index in [2.05, 4.69) is 10.9 Å². The Kier molecular flexibility index (Phi) is 4.39. The molecule has 0 saturated heterocycles. The van der Waals surface area contributed by atoms with Crippen LogP contribution in [-0.2, 0) is 0 Å². The Balaban J connectivity index is 2.08. The van der Waals surface area contributed by atoms with Gasteiger partial charge in [-0.05, 0) is 32.0 Å². The summed E-state index contributed by atoms with van der Waals surface area (Å²) in [6.45, 7) is 3.26. The Bertz CT molecular complexity index is 800. The lowest BCUT2D eigenvalue weighted by molar-refractivity contribution is -0.387. The van der Waals surface area contributed by atoms with Crippen molar-refractivity contribution in [2.45, 2.75) is 13.8 Å². The topological polar surface area (TPSA) is 114 Å². The molecule has 2 rings (SSSR count). The highest BCUT2D eigenvalue weighted by Gasteiger charge is 2.19. The molecule has 0 aliphatic carbocycles. The highest BCUT2D eigenvalue weighted by molar-refractivity contribution is 5.99. The smallest absolute Gasteiger partial charge is 0.305 e. The monoisotopic (exact) mass is 321 g/mol. The zero-order valence-electron chi connectivity index (χ0n) is 12.2. The molecule has 0 atom stereocenters. The molecular weight excluding hydrogens is 309 g/mol. The maximum absolute atomic E-state index is 13.2. The summed E-state index contributed by atoms with van der Waals surface area (Å²) in [6, 6.07) is 4.15. The number of nitro benzene ring substituents is 1. The number of halogens is 1. The molecule has 2 aromatic rings. The van der Waals surface area contributed by atoms with Crippen molar-refractivity contribution in [3.05, 3.63) is 62.8 Å². The van der Waals surface area contributed by atoms with Crippen molar-refractivity contribution < 1.29 is 23.3 Å². The molecule has 0 aliphatic rings. The minimum Gasteiger partial charge on any atom is -0.466 e. The molecule has 0 aliphatic heterocycles. The van der Waals surface area contributed by atoms with E-state index in [0.29, 0.717) is 11.5 Å². The Morgan fingerprint density at radius 3 is 2.39 bits per heavy atom. The van der Waals surface area contributed by atoms with E-state index in [9.17, 15) is 24.1 Å². The Hall–Kier alpha value is -3.23. The average molecular weight is 321 g/mol. The van der Waals surface area contributed by atoms with E-state index in [1.807, 2.05) is 0 Å². The number of hydrogen-bond acceptors (Lipinski definition) is 5. The van der Waals surface area contributed by atoms with Crippen molar-refractivity contribution in [2.24, 2.45) is 0 Å². The van der Waals surface area contributed by atoms with E-state index >= 15 is 0 Å². The van der Waals surface area contributed by atoms with Gasteiger partial charge in [-0.3, -0.25) is 30.6 Å². The van der Waals surface area contributed by atoms with Gasteiger partial charge in [0.1, 0.15) is 11.5 Å². The summed E-state index contributed by atoms with van der Waals surface area (Å²) < 4.78 is 18.4. The summed E-state index contributed by atoms with van der Waals surface area (Å²) in [5, 5.41) is 10.6.